The molecule has 1 aromatic carbocycles. The molecule has 0 fully saturated rings. The molecule has 0 saturated heterocycles. The summed E-state index contributed by atoms with van der Waals surface area (Å²) in [5.74, 6) is 6.50. The molecule has 2 N–H and O–H groups in total. The number of benzene rings is 1. The van der Waals surface area contributed by atoms with E-state index in [0.29, 0.717) is 13.2 Å². The number of hydrogen-bond acceptors (Lipinski definition) is 3. The molecule has 0 aliphatic rings. The molecule has 0 unspecified atom stereocenters. The second kappa shape index (κ2) is 6.88. The minimum Gasteiger partial charge on any atom is -0.468 e. The molecule has 0 aliphatic heterocycles. The molecule has 0 saturated carbocycles. The van der Waals surface area contributed by atoms with Gasteiger partial charge in [-0.1, -0.05) is 11.8 Å². The zero-order valence-corrected chi connectivity index (χ0v) is 8.82. The normalized spacial score (nSPS) is 9.20. The predicted octanol–water partition coefficient (Wildman–Crippen LogP) is 1.37. The Labute approximate surface area is 90.2 Å². The van der Waals surface area contributed by atoms with Crippen LogP contribution in [0.3, 0.4) is 0 Å². The molecule has 80 valence electrons. The van der Waals surface area contributed by atoms with Crippen molar-refractivity contribution in [2.75, 3.05) is 19.9 Å². The first-order valence-electron chi connectivity index (χ1n) is 4.86. The van der Waals surface area contributed by atoms with Crippen LogP contribution in [0, 0.1) is 11.8 Å². The Balaban J connectivity index is 2.49. The Kier molecular flexibility index (Phi) is 5.31. The summed E-state index contributed by atoms with van der Waals surface area (Å²) in [6.45, 7) is 3.24. The van der Waals surface area contributed by atoms with Crippen molar-refractivity contribution in [3.05, 3.63) is 29.8 Å². The lowest BCUT2D eigenvalue weighted by atomic mass is 10.2. The summed E-state index contributed by atoms with van der Waals surface area (Å²) in [7, 11) is 0. The molecule has 0 aliphatic carbocycles. The number of nitrogens with two attached hydrogens (primary N) is 1. The molecule has 1 aromatic rings. The van der Waals surface area contributed by atoms with Crippen molar-refractivity contribution in [3.63, 3.8) is 0 Å². The standard InChI is InChI=1S/C12H15NO2/c1-2-14-10-15-12-7-5-11(6-8-12)4-3-9-13/h5-8H,2,9-10,13H2,1H3. The van der Waals surface area contributed by atoms with E-state index < -0.39 is 0 Å². The van der Waals surface area contributed by atoms with Crippen LogP contribution in [0.15, 0.2) is 24.3 Å². The van der Waals surface area contributed by atoms with E-state index in [9.17, 15) is 0 Å². The minimum atomic E-state index is 0.282. The first-order valence-corrected chi connectivity index (χ1v) is 4.86. The molecular formula is C12H15NO2. The molecular weight excluding hydrogens is 190 g/mol. The molecule has 3 heteroatoms. The second-order valence-corrected chi connectivity index (χ2v) is 2.79. The highest BCUT2D eigenvalue weighted by Gasteiger charge is 1.92. The summed E-state index contributed by atoms with van der Waals surface area (Å²) in [4.78, 5) is 0. The van der Waals surface area contributed by atoms with Gasteiger partial charge in [0.1, 0.15) is 5.75 Å². The summed E-state index contributed by atoms with van der Waals surface area (Å²) in [6.07, 6.45) is 0. The van der Waals surface area contributed by atoms with Gasteiger partial charge in [-0.25, -0.2) is 0 Å². The Morgan fingerprint density at radius 2 is 2.00 bits per heavy atom. The highest BCUT2D eigenvalue weighted by molar-refractivity contribution is 5.38. The van der Waals surface area contributed by atoms with Gasteiger partial charge in [0.15, 0.2) is 6.79 Å². The first-order chi connectivity index (χ1) is 7.36. The smallest absolute Gasteiger partial charge is 0.189 e. The largest absolute Gasteiger partial charge is 0.468 e. The van der Waals surface area contributed by atoms with Gasteiger partial charge in [0.2, 0.25) is 0 Å². The fourth-order valence-corrected chi connectivity index (χ4v) is 0.981. The number of ether oxygens (including phenoxy) is 2. The van der Waals surface area contributed by atoms with Crippen LogP contribution < -0.4 is 10.5 Å². The summed E-state index contributed by atoms with van der Waals surface area (Å²) in [6, 6.07) is 7.51. The molecule has 1 rings (SSSR count). The lowest BCUT2D eigenvalue weighted by molar-refractivity contribution is 0.0224. The van der Waals surface area contributed by atoms with Crippen molar-refractivity contribution >= 4 is 0 Å². The fraction of sp³-hybridized carbons (Fsp3) is 0.333. The van der Waals surface area contributed by atoms with Crippen LogP contribution in [0.25, 0.3) is 0 Å². The average Bonchev–Trinajstić information content (AvgIpc) is 2.28. The van der Waals surface area contributed by atoms with Crippen LogP contribution in [0.4, 0.5) is 0 Å². The third-order valence-electron chi connectivity index (χ3n) is 1.70. The van der Waals surface area contributed by atoms with E-state index >= 15 is 0 Å². The first kappa shape index (κ1) is 11.6. The Hall–Kier alpha value is -1.50. The molecule has 15 heavy (non-hydrogen) atoms. The minimum absolute atomic E-state index is 0.282. The van der Waals surface area contributed by atoms with Gasteiger partial charge in [0.05, 0.1) is 6.54 Å². The van der Waals surface area contributed by atoms with Gasteiger partial charge in [-0.2, -0.15) is 0 Å². The van der Waals surface area contributed by atoms with E-state index in [0.717, 1.165) is 11.3 Å². The lowest BCUT2D eigenvalue weighted by Gasteiger charge is -2.04. The van der Waals surface area contributed by atoms with Crippen LogP contribution in [-0.2, 0) is 4.74 Å². The zero-order chi connectivity index (χ0) is 10.9. The maximum atomic E-state index is 5.31. The molecule has 0 radical (unpaired) electrons. The van der Waals surface area contributed by atoms with Crippen molar-refractivity contribution in [3.8, 4) is 17.6 Å². The summed E-state index contributed by atoms with van der Waals surface area (Å²) < 4.78 is 10.4. The van der Waals surface area contributed by atoms with Crippen molar-refractivity contribution in [2.45, 2.75) is 6.92 Å². The summed E-state index contributed by atoms with van der Waals surface area (Å²) in [5, 5.41) is 0. The zero-order valence-electron chi connectivity index (χ0n) is 8.82. The van der Waals surface area contributed by atoms with E-state index in [1.165, 1.54) is 0 Å². The topological polar surface area (TPSA) is 44.5 Å². The van der Waals surface area contributed by atoms with Gasteiger partial charge in [-0.3, -0.25) is 0 Å². The van der Waals surface area contributed by atoms with Crippen molar-refractivity contribution in [2.24, 2.45) is 5.73 Å². The van der Waals surface area contributed by atoms with Gasteiger partial charge in [0, 0.05) is 12.2 Å². The van der Waals surface area contributed by atoms with Gasteiger partial charge < -0.3 is 15.2 Å². The number of hydrogen-bond donors (Lipinski definition) is 1. The Morgan fingerprint density at radius 1 is 1.27 bits per heavy atom. The molecule has 0 heterocycles. The molecule has 3 nitrogen and oxygen atoms in total. The third-order valence-corrected chi connectivity index (χ3v) is 1.70. The number of rotatable bonds is 4. The molecule has 0 amide bonds. The highest BCUT2D eigenvalue weighted by Crippen LogP contribution is 2.11. The maximum Gasteiger partial charge on any atom is 0.189 e. The SMILES string of the molecule is CCOCOc1ccc(C#CCN)cc1. The van der Waals surface area contributed by atoms with Crippen LogP contribution >= 0.6 is 0 Å². The van der Waals surface area contributed by atoms with Gasteiger partial charge >= 0.3 is 0 Å². The van der Waals surface area contributed by atoms with E-state index in [1.54, 1.807) is 0 Å². The van der Waals surface area contributed by atoms with Crippen LogP contribution in [-0.4, -0.2) is 19.9 Å². The van der Waals surface area contributed by atoms with Crippen LogP contribution in [0.5, 0.6) is 5.75 Å². The molecule has 0 spiro atoms. The van der Waals surface area contributed by atoms with Crippen molar-refractivity contribution in [1.82, 2.24) is 0 Å². The predicted molar refractivity (Wildman–Crippen MR) is 59.5 cm³/mol. The summed E-state index contributed by atoms with van der Waals surface area (Å²) >= 11 is 0. The van der Waals surface area contributed by atoms with E-state index in [1.807, 2.05) is 31.2 Å². The Morgan fingerprint density at radius 3 is 2.60 bits per heavy atom. The lowest BCUT2D eigenvalue weighted by Crippen LogP contribution is -2.01. The second-order valence-electron chi connectivity index (χ2n) is 2.79. The van der Waals surface area contributed by atoms with Crippen molar-refractivity contribution in [1.29, 1.82) is 0 Å². The average molecular weight is 205 g/mol. The van der Waals surface area contributed by atoms with Crippen molar-refractivity contribution < 1.29 is 9.47 Å². The Bertz CT molecular complexity index is 335. The maximum absolute atomic E-state index is 5.31. The van der Waals surface area contributed by atoms with E-state index in [2.05, 4.69) is 11.8 Å². The van der Waals surface area contributed by atoms with E-state index in [4.69, 9.17) is 15.2 Å². The third kappa shape index (κ3) is 4.50. The van der Waals surface area contributed by atoms with Gasteiger partial charge in [-0.15, -0.1) is 0 Å². The molecule has 0 atom stereocenters. The van der Waals surface area contributed by atoms with Gasteiger partial charge in [-0.05, 0) is 31.2 Å². The molecule has 0 aromatic heterocycles. The highest BCUT2D eigenvalue weighted by atomic mass is 16.7. The molecule has 0 bridgehead atoms. The van der Waals surface area contributed by atoms with Crippen LogP contribution in [0.1, 0.15) is 12.5 Å². The summed E-state index contributed by atoms with van der Waals surface area (Å²) in [5.41, 5.74) is 6.21. The fourth-order valence-electron chi connectivity index (χ4n) is 0.981. The quantitative estimate of drug-likeness (QED) is 0.458. The van der Waals surface area contributed by atoms with Crippen LogP contribution in [0.2, 0.25) is 0 Å². The van der Waals surface area contributed by atoms with Gasteiger partial charge in [0.25, 0.3) is 0 Å². The van der Waals surface area contributed by atoms with E-state index in [-0.39, 0.29) is 6.79 Å². The monoisotopic (exact) mass is 205 g/mol.